The normalized spacial score (nSPS) is 10.5. The number of carbonyl (C=O) groups excluding carboxylic acids is 3. The van der Waals surface area contributed by atoms with Crippen molar-refractivity contribution in [2.45, 2.75) is 39.3 Å². The van der Waals surface area contributed by atoms with Crippen LogP contribution in [0.25, 0.3) is 0 Å². The van der Waals surface area contributed by atoms with E-state index in [0.717, 1.165) is 16.9 Å². The molecule has 3 N–H and O–H groups in total. The summed E-state index contributed by atoms with van der Waals surface area (Å²) in [5.41, 5.74) is 0. The van der Waals surface area contributed by atoms with Crippen LogP contribution in [0, 0.1) is 0 Å². The first-order valence-corrected chi connectivity index (χ1v) is 14.7. The van der Waals surface area contributed by atoms with E-state index in [4.69, 9.17) is 24.3 Å². The molecule has 0 aliphatic rings. The van der Waals surface area contributed by atoms with E-state index in [1.165, 1.54) is 50.7 Å². The van der Waals surface area contributed by atoms with E-state index < -0.39 is 46.1 Å². The molecule has 39 heavy (non-hydrogen) atoms. The van der Waals surface area contributed by atoms with Crippen molar-refractivity contribution in [3.63, 3.8) is 0 Å². The Morgan fingerprint density at radius 1 is 0.872 bits per heavy atom. The van der Waals surface area contributed by atoms with Crippen LogP contribution in [0.1, 0.15) is 23.6 Å². The third-order valence-corrected chi connectivity index (χ3v) is 4.72. The number of aliphatic hydroxyl groups is 2. The number of rotatable bonds is 7. The lowest BCUT2D eigenvalue weighted by atomic mass is 10.3. The van der Waals surface area contributed by atoms with Crippen molar-refractivity contribution in [2.75, 3.05) is 21.3 Å². The van der Waals surface area contributed by atoms with Gasteiger partial charge in [-0.25, -0.2) is 13.8 Å². The molecule has 2 rings (SSSR count). The molecule has 0 aromatic carbocycles. The monoisotopic (exact) mass is 656 g/mol. The van der Waals surface area contributed by atoms with Crippen LogP contribution < -0.4 is 0 Å². The fraction of sp³-hybridized carbons (Fsp3) is 0.429. The molecule has 0 aliphatic carbocycles. The molecule has 0 saturated carbocycles. The van der Waals surface area contributed by atoms with Gasteiger partial charge < -0.3 is 39.0 Å². The van der Waals surface area contributed by atoms with Gasteiger partial charge in [-0.05, 0) is 29.8 Å². The number of carbonyl (C=O) groups is 4. The Labute approximate surface area is 244 Å². The van der Waals surface area contributed by atoms with E-state index in [0.29, 0.717) is 0 Å². The van der Waals surface area contributed by atoms with Crippen LogP contribution in [0.2, 0.25) is 0 Å². The number of ether oxygens (including phenoxy) is 5. The maximum Gasteiger partial charge on any atom is 0.511 e. The van der Waals surface area contributed by atoms with Crippen molar-refractivity contribution in [1.29, 1.82) is 0 Å². The molecule has 0 saturated heterocycles. The van der Waals surface area contributed by atoms with Gasteiger partial charge in [-0.3, -0.25) is 9.59 Å². The van der Waals surface area contributed by atoms with Gasteiger partial charge in [0.15, 0.2) is 0 Å². The first kappa shape index (κ1) is 41.0. The van der Waals surface area contributed by atoms with Gasteiger partial charge in [-0.2, -0.15) is 0 Å². The minimum atomic E-state index is -1.67. The average Bonchev–Trinajstić information content (AvgIpc) is 3.54. The van der Waals surface area contributed by atoms with E-state index >= 15 is 0 Å². The molecule has 2 heterocycles. The zero-order chi connectivity index (χ0) is 30.8. The van der Waals surface area contributed by atoms with Gasteiger partial charge in [0.2, 0.25) is 21.8 Å². The van der Waals surface area contributed by atoms with Crippen LogP contribution in [0.4, 0.5) is 9.59 Å². The first-order chi connectivity index (χ1) is 18.3. The van der Waals surface area contributed by atoms with Crippen LogP contribution in [0.5, 0.6) is 0 Å². The lowest BCUT2D eigenvalue weighted by Crippen LogP contribution is -2.22. The molecule has 2 atom stereocenters. The van der Waals surface area contributed by atoms with E-state index in [2.05, 4.69) is 40.3 Å². The molecule has 0 radical (unpaired) electrons. The highest BCUT2D eigenvalue weighted by molar-refractivity contribution is 8.26. The summed E-state index contributed by atoms with van der Waals surface area (Å²) in [6, 6.07) is 7.35. The standard InChI is InChI=1S/C10H12O5S.C6H6O2S.C4H8O4.CH4O.Cl2OS/c1-7(15-10(12)13-2)14-9(11)6-8-4-3-5-16-8;7-6(8)4-5-2-1-3-9-5;1-3(5)8-4(6)7-2;1-2;1-4(2)3/h3-5,7H,6H2,1-2H3;1-3H,4H2,(H,7,8);3,5H,1-2H3;2H,1H3;. The van der Waals surface area contributed by atoms with Crippen molar-refractivity contribution >= 4 is 77.5 Å². The topological polar surface area (TPSA) is 192 Å². The molecule has 0 spiro atoms. The number of carboxylic acids is 1. The molecule has 2 aromatic rings. The summed E-state index contributed by atoms with van der Waals surface area (Å²) in [6.07, 6.45) is -3.47. The van der Waals surface area contributed by atoms with Crippen LogP contribution in [0.15, 0.2) is 35.0 Å². The van der Waals surface area contributed by atoms with E-state index in [1.54, 1.807) is 0 Å². The third kappa shape index (κ3) is 31.6. The zero-order valence-electron chi connectivity index (χ0n) is 21.4. The highest BCUT2D eigenvalue weighted by Crippen LogP contribution is 2.10. The number of methoxy groups -OCH3 is 2. The Balaban J connectivity index is -0.000000480. The fourth-order valence-electron chi connectivity index (χ4n) is 1.74. The predicted molar refractivity (Wildman–Crippen MR) is 146 cm³/mol. The molecule has 224 valence electrons. The molecular formula is C21H30Cl2O13S3. The summed E-state index contributed by atoms with van der Waals surface area (Å²) in [6.45, 7) is 2.76. The van der Waals surface area contributed by atoms with Crippen LogP contribution in [-0.2, 0) is 55.3 Å². The van der Waals surface area contributed by atoms with Crippen molar-refractivity contribution in [1.82, 2.24) is 0 Å². The lowest BCUT2D eigenvalue weighted by molar-refractivity contribution is -0.166. The van der Waals surface area contributed by atoms with Crippen molar-refractivity contribution in [3.05, 3.63) is 44.8 Å². The van der Waals surface area contributed by atoms with Gasteiger partial charge in [0.1, 0.15) is 0 Å². The molecule has 0 aliphatic heterocycles. The van der Waals surface area contributed by atoms with Gasteiger partial charge in [0.05, 0.1) is 27.1 Å². The summed E-state index contributed by atoms with van der Waals surface area (Å²) in [7, 11) is 10.7. The number of halogens is 2. The second-order valence-electron chi connectivity index (χ2n) is 5.89. The quantitative estimate of drug-likeness (QED) is 0.167. The Morgan fingerprint density at radius 3 is 1.59 bits per heavy atom. The minimum Gasteiger partial charge on any atom is -0.481 e. The number of aliphatic carboxylic acids is 1. The van der Waals surface area contributed by atoms with Crippen molar-refractivity contribution in [3.8, 4) is 0 Å². The number of esters is 1. The number of hydrogen-bond donors (Lipinski definition) is 3. The molecule has 0 amide bonds. The van der Waals surface area contributed by atoms with Gasteiger partial charge in [-0.1, -0.05) is 12.1 Å². The highest BCUT2D eigenvalue weighted by Gasteiger charge is 2.14. The van der Waals surface area contributed by atoms with Gasteiger partial charge in [0, 0.05) is 45.2 Å². The number of hydrogen-bond acceptors (Lipinski definition) is 14. The molecule has 2 unspecified atom stereocenters. The van der Waals surface area contributed by atoms with Crippen molar-refractivity contribution in [2.24, 2.45) is 0 Å². The first-order valence-electron chi connectivity index (χ1n) is 10.1. The van der Waals surface area contributed by atoms with Crippen LogP contribution >= 0.6 is 44.0 Å². The maximum atomic E-state index is 11.3. The number of aliphatic hydroxyl groups excluding tert-OH is 2. The molecular weight excluding hydrogens is 627 g/mol. The Bertz CT molecular complexity index is 920. The Kier molecular flexibility index (Phi) is 28.5. The zero-order valence-corrected chi connectivity index (χ0v) is 25.4. The van der Waals surface area contributed by atoms with Gasteiger partial charge in [-0.15, -0.1) is 22.7 Å². The van der Waals surface area contributed by atoms with E-state index in [9.17, 15) is 19.2 Å². The molecule has 18 heteroatoms. The molecule has 0 bridgehead atoms. The second-order valence-corrected chi connectivity index (χ2v) is 10.5. The fourth-order valence-corrected chi connectivity index (χ4v) is 3.13. The SMILES string of the molecule is CO.COC(=O)OC(C)O.COC(=O)OC(C)OC(=O)Cc1cccs1.O=C(O)Cc1cccs1.O=S(Cl)Cl. The lowest BCUT2D eigenvalue weighted by Gasteiger charge is -2.12. The summed E-state index contributed by atoms with van der Waals surface area (Å²) >= 11 is 2.93. The number of carboxylic acid groups (broad SMARTS) is 1. The largest absolute Gasteiger partial charge is 0.511 e. The minimum absolute atomic E-state index is 0.150. The summed E-state index contributed by atoms with van der Waals surface area (Å²) in [5.74, 6) is -1.21. The molecule has 2 aromatic heterocycles. The molecule has 13 nitrogen and oxygen atoms in total. The van der Waals surface area contributed by atoms with Gasteiger partial charge in [0.25, 0.3) is 0 Å². The Morgan fingerprint density at radius 2 is 1.28 bits per heavy atom. The second kappa shape index (κ2) is 27.1. The summed E-state index contributed by atoms with van der Waals surface area (Å²) < 4.78 is 30.9. The van der Waals surface area contributed by atoms with Gasteiger partial charge >= 0.3 is 24.2 Å². The number of thiophene rings is 2. The molecule has 0 fully saturated rings. The van der Waals surface area contributed by atoms with Crippen molar-refractivity contribution < 1.29 is 62.4 Å². The van der Waals surface area contributed by atoms with Crippen LogP contribution in [-0.4, -0.2) is 77.7 Å². The highest BCUT2D eigenvalue weighted by atomic mass is 36.0. The smallest absolute Gasteiger partial charge is 0.481 e. The summed E-state index contributed by atoms with van der Waals surface area (Å²) in [4.78, 5) is 43.9. The third-order valence-electron chi connectivity index (χ3n) is 2.96. The Hall–Kier alpha value is -2.47. The predicted octanol–water partition coefficient (Wildman–Crippen LogP) is 4.10. The maximum absolute atomic E-state index is 11.3. The average molecular weight is 658 g/mol. The van der Waals surface area contributed by atoms with E-state index in [-0.39, 0.29) is 12.8 Å². The van der Waals surface area contributed by atoms with Crippen LogP contribution in [0.3, 0.4) is 0 Å². The summed E-state index contributed by atoms with van der Waals surface area (Å²) in [5, 5.41) is 27.4. The van der Waals surface area contributed by atoms with E-state index in [1.807, 2.05) is 35.0 Å².